The highest BCUT2D eigenvalue weighted by Crippen LogP contribution is 2.37. The second-order valence-corrected chi connectivity index (χ2v) is 7.45. The van der Waals surface area contributed by atoms with Crippen LogP contribution in [0.2, 0.25) is 0 Å². The normalized spacial score (nSPS) is 13.9. The summed E-state index contributed by atoms with van der Waals surface area (Å²) >= 11 is 1.39. The molecular weight excluding hydrogens is 364 g/mol. The average Bonchev–Trinajstić information content (AvgIpc) is 3.29. The fraction of sp³-hybridized carbons (Fsp3) is 0.211. The summed E-state index contributed by atoms with van der Waals surface area (Å²) in [6.45, 7) is 2.38. The van der Waals surface area contributed by atoms with E-state index in [-0.39, 0.29) is 5.76 Å². The van der Waals surface area contributed by atoms with E-state index in [1.165, 1.54) is 29.2 Å². The molecule has 2 amide bonds. The summed E-state index contributed by atoms with van der Waals surface area (Å²) in [7, 11) is 0. The van der Waals surface area contributed by atoms with Gasteiger partial charge in [0.05, 0.1) is 11.8 Å². The number of benzene rings is 1. The van der Waals surface area contributed by atoms with E-state index in [0.717, 1.165) is 30.0 Å². The first kappa shape index (κ1) is 17.4. The molecule has 138 valence electrons. The number of thiophene rings is 1. The molecular formula is C19H18N4O3S. The number of anilines is 1. The molecule has 0 unspecified atom stereocenters. The quantitative estimate of drug-likeness (QED) is 0.706. The Morgan fingerprint density at radius 3 is 2.78 bits per heavy atom. The Hall–Kier alpha value is -2.97. The molecule has 0 aliphatic carbocycles. The van der Waals surface area contributed by atoms with Crippen LogP contribution in [0, 0.1) is 0 Å². The second-order valence-electron chi connectivity index (χ2n) is 6.35. The van der Waals surface area contributed by atoms with Crippen LogP contribution in [-0.2, 0) is 19.5 Å². The highest BCUT2D eigenvalue weighted by atomic mass is 32.1. The molecule has 2 aromatic heterocycles. The number of rotatable bonds is 5. The molecule has 8 heteroatoms. The van der Waals surface area contributed by atoms with Gasteiger partial charge in [-0.2, -0.15) is 0 Å². The summed E-state index contributed by atoms with van der Waals surface area (Å²) in [5.74, 6) is -0.894. The van der Waals surface area contributed by atoms with Crippen molar-refractivity contribution >= 4 is 28.2 Å². The zero-order valence-electron chi connectivity index (χ0n) is 14.5. The van der Waals surface area contributed by atoms with Gasteiger partial charge in [0.15, 0.2) is 0 Å². The highest BCUT2D eigenvalue weighted by Gasteiger charge is 2.28. The Labute approximate surface area is 159 Å². The number of carbonyl (C=O) groups is 2. The first-order chi connectivity index (χ1) is 13.1. The number of fused-ring (bicyclic) bond motifs is 1. The predicted molar refractivity (Wildman–Crippen MR) is 102 cm³/mol. The molecule has 0 saturated carbocycles. The first-order valence-corrected chi connectivity index (χ1v) is 9.36. The molecule has 0 bridgehead atoms. The van der Waals surface area contributed by atoms with Gasteiger partial charge in [0.2, 0.25) is 5.76 Å². The van der Waals surface area contributed by atoms with Crippen LogP contribution < -0.4 is 11.1 Å². The maximum Gasteiger partial charge on any atom is 0.294 e. The molecule has 0 spiro atoms. The SMILES string of the molecule is NC(=O)c1c(NC(=O)c2ccno2)sc2c1CCN(Cc1ccccc1)C2. The van der Waals surface area contributed by atoms with Gasteiger partial charge in [-0.25, -0.2) is 0 Å². The minimum absolute atomic E-state index is 0.0856. The summed E-state index contributed by atoms with van der Waals surface area (Å²) in [4.78, 5) is 27.7. The minimum Gasteiger partial charge on any atom is -0.365 e. The lowest BCUT2D eigenvalue weighted by Crippen LogP contribution is -2.30. The molecule has 27 heavy (non-hydrogen) atoms. The molecule has 1 aliphatic heterocycles. The number of nitrogens with zero attached hydrogens (tertiary/aromatic N) is 2. The third-order valence-electron chi connectivity index (χ3n) is 4.52. The third-order valence-corrected chi connectivity index (χ3v) is 5.65. The van der Waals surface area contributed by atoms with Gasteiger partial charge in [-0.1, -0.05) is 35.5 Å². The van der Waals surface area contributed by atoms with Crippen molar-refractivity contribution in [3.05, 3.63) is 69.9 Å². The van der Waals surface area contributed by atoms with Crippen molar-refractivity contribution in [3.63, 3.8) is 0 Å². The molecule has 0 fully saturated rings. The van der Waals surface area contributed by atoms with Crippen molar-refractivity contribution in [2.75, 3.05) is 11.9 Å². The van der Waals surface area contributed by atoms with E-state index >= 15 is 0 Å². The molecule has 4 rings (SSSR count). The van der Waals surface area contributed by atoms with E-state index in [9.17, 15) is 9.59 Å². The number of hydrogen-bond acceptors (Lipinski definition) is 6. The molecule has 3 N–H and O–H groups in total. The van der Waals surface area contributed by atoms with Gasteiger partial charge in [-0.05, 0) is 17.5 Å². The maximum atomic E-state index is 12.3. The van der Waals surface area contributed by atoms with Crippen molar-refractivity contribution < 1.29 is 14.1 Å². The van der Waals surface area contributed by atoms with Crippen LogP contribution in [0.3, 0.4) is 0 Å². The number of nitrogens with two attached hydrogens (primary N) is 1. The largest absolute Gasteiger partial charge is 0.365 e. The Kier molecular flexibility index (Phi) is 4.74. The summed E-state index contributed by atoms with van der Waals surface area (Å²) < 4.78 is 4.87. The van der Waals surface area contributed by atoms with Gasteiger partial charge < -0.3 is 15.6 Å². The second kappa shape index (κ2) is 7.34. The monoisotopic (exact) mass is 382 g/mol. The lowest BCUT2D eigenvalue weighted by molar-refractivity contribution is 0.0988. The number of aromatic nitrogens is 1. The minimum atomic E-state index is -0.531. The standard InChI is InChI=1S/C19H18N4O3S/c20-17(24)16-13-7-9-23(10-12-4-2-1-3-5-12)11-15(13)27-19(16)22-18(25)14-6-8-21-26-14/h1-6,8H,7,9-11H2,(H2,20,24)(H,22,25). The van der Waals surface area contributed by atoms with E-state index in [2.05, 4.69) is 27.5 Å². The molecule has 1 aromatic carbocycles. The number of primary amides is 1. The van der Waals surface area contributed by atoms with Crippen LogP contribution in [-0.4, -0.2) is 28.4 Å². The van der Waals surface area contributed by atoms with Gasteiger partial charge in [-0.3, -0.25) is 14.5 Å². The van der Waals surface area contributed by atoms with Crippen LogP contribution in [0.5, 0.6) is 0 Å². The van der Waals surface area contributed by atoms with E-state index in [1.54, 1.807) is 0 Å². The molecule has 0 radical (unpaired) electrons. The zero-order chi connectivity index (χ0) is 18.8. The molecule has 0 saturated heterocycles. The van der Waals surface area contributed by atoms with Crippen LogP contribution in [0.25, 0.3) is 0 Å². The number of nitrogens with one attached hydrogen (secondary N) is 1. The van der Waals surface area contributed by atoms with Crippen molar-refractivity contribution in [3.8, 4) is 0 Å². The summed E-state index contributed by atoms with van der Waals surface area (Å²) in [5, 5.41) is 6.74. The summed E-state index contributed by atoms with van der Waals surface area (Å²) in [6.07, 6.45) is 2.11. The van der Waals surface area contributed by atoms with E-state index in [1.807, 2.05) is 18.2 Å². The van der Waals surface area contributed by atoms with Gasteiger partial charge in [0.1, 0.15) is 5.00 Å². The fourth-order valence-corrected chi connectivity index (χ4v) is 4.57. The molecule has 1 aliphatic rings. The molecule has 0 atom stereocenters. The lowest BCUT2D eigenvalue weighted by Gasteiger charge is -2.27. The van der Waals surface area contributed by atoms with E-state index in [0.29, 0.717) is 17.1 Å². The first-order valence-electron chi connectivity index (χ1n) is 8.54. The van der Waals surface area contributed by atoms with Crippen LogP contribution in [0.4, 0.5) is 5.00 Å². The molecule has 3 heterocycles. The third kappa shape index (κ3) is 3.62. The number of hydrogen-bond donors (Lipinski definition) is 2. The Balaban J connectivity index is 1.57. The van der Waals surface area contributed by atoms with E-state index in [4.69, 9.17) is 10.3 Å². The van der Waals surface area contributed by atoms with Gasteiger partial charge in [0, 0.05) is 30.6 Å². The van der Waals surface area contributed by atoms with Crippen LogP contribution >= 0.6 is 11.3 Å². The smallest absolute Gasteiger partial charge is 0.294 e. The van der Waals surface area contributed by atoms with E-state index < -0.39 is 11.8 Å². The zero-order valence-corrected chi connectivity index (χ0v) is 15.3. The highest BCUT2D eigenvalue weighted by molar-refractivity contribution is 7.17. The Morgan fingerprint density at radius 2 is 2.07 bits per heavy atom. The van der Waals surface area contributed by atoms with Crippen LogP contribution in [0.1, 0.15) is 36.9 Å². The lowest BCUT2D eigenvalue weighted by atomic mass is 10.0. The predicted octanol–water partition coefficient (Wildman–Crippen LogP) is 2.65. The van der Waals surface area contributed by atoms with Gasteiger partial charge in [-0.15, -0.1) is 11.3 Å². The molecule has 7 nitrogen and oxygen atoms in total. The number of amides is 2. The van der Waals surface area contributed by atoms with Gasteiger partial charge >= 0.3 is 0 Å². The van der Waals surface area contributed by atoms with Crippen molar-refractivity contribution in [1.29, 1.82) is 0 Å². The Bertz CT molecular complexity index is 967. The summed E-state index contributed by atoms with van der Waals surface area (Å²) in [5.41, 5.74) is 8.18. The maximum absolute atomic E-state index is 12.3. The topological polar surface area (TPSA) is 101 Å². The average molecular weight is 382 g/mol. The fourth-order valence-electron chi connectivity index (χ4n) is 3.28. The van der Waals surface area contributed by atoms with Gasteiger partial charge in [0.25, 0.3) is 11.8 Å². The summed E-state index contributed by atoms with van der Waals surface area (Å²) in [6, 6.07) is 11.7. The van der Waals surface area contributed by atoms with Crippen molar-refractivity contribution in [1.82, 2.24) is 10.1 Å². The molecule has 3 aromatic rings. The van der Waals surface area contributed by atoms with Crippen molar-refractivity contribution in [2.45, 2.75) is 19.5 Å². The number of carbonyl (C=O) groups excluding carboxylic acids is 2. The Morgan fingerprint density at radius 1 is 1.26 bits per heavy atom. The van der Waals surface area contributed by atoms with Crippen LogP contribution in [0.15, 0.2) is 47.1 Å². The van der Waals surface area contributed by atoms with Crippen molar-refractivity contribution in [2.24, 2.45) is 5.73 Å².